The molecule has 0 amide bonds. The molecule has 26 heavy (non-hydrogen) atoms. The van der Waals surface area contributed by atoms with Crippen LogP contribution in [0, 0.1) is 11.8 Å². The Hall–Kier alpha value is -1.45. The van der Waals surface area contributed by atoms with Crippen LogP contribution in [0.3, 0.4) is 0 Å². The summed E-state index contributed by atoms with van der Waals surface area (Å²) in [6.07, 6.45) is 9.42. The number of hydrogen-bond donors (Lipinski definition) is 1. The Balaban J connectivity index is 1.46. The summed E-state index contributed by atoms with van der Waals surface area (Å²) in [7, 11) is 0. The molecule has 2 saturated carbocycles. The molecular formula is C22H28ClN3. The average molecular weight is 370 g/mol. The topological polar surface area (TPSA) is 37.8 Å². The number of hydrogen-bond acceptors (Lipinski definition) is 3. The first kappa shape index (κ1) is 17.9. The summed E-state index contributed by atoms with van der Waals surface area (Å²) >= 11 is 6.10. The zero-order valence-corrected chi connectivity index (χ0v) is 16.4. The molecule has 1 heterocycles. The van der Waals surface area contributed by atoms with Gasteiger partial charge in [0, 0.05) is 47.4 Å². The monoisotopic (exact) mass is 369 g/mol. The smallest absolute Gasteiger partial charge is 0.130 e. The van der Waals surface area contributed by atoms with Gasteiger partial charge in [-0.05, 0) is 42.4 Å². The number of fused-ring (bicyclic) bond motifs is 1. The van der Waals surface area contributed by atoms with E-state index in [0.29, 0.717) is 17.9 Å². The van der Waals surface area contributed by atoms with Crippen LogP contribution in [0.4, 0.5) is 0 Å². The molecule has 1 aromatic heterocycles. The molecule has 2 aliphatic rings. The number of aromatic nitrogens is 2. The second-order valence-electron chi connectivity index (χ2n) is 8.20. The van der Waals surface area contributed by atoms with E-state index in [2.05, 4.69) is 41.3 Å². The second kappa shape index (κ2) is 7.66. The van der Waals surface area contributed by atoms with Gasteiger partial charge in [-0.2, -0.15) is 0 Å². The van der Waals surface area contributed by atoms with E-state index < -0.39 is 0 Å². The van der Waals surface area contributed by atoms with Crippen LogP contribution in [-0.4, -0.2) is 16.0 Å². The normalized spacial score (nSPS) is 27.8. The van der Waals surface area contributed by atoms with Crippen molar-refractivity contribution < 1.29 is 0 Å². The lowest BCUT2D eigenvalue weighted by Crippen LogP contribution is -2.57. The lowest BCUT2D eigenvalue weighted by Gasteiger charge is -2.55. The molecule has 4 atom stereocenters. The Morgan fingerprint density at radius 3 is 2.35 bits per heavy atom. The van der Waals surface area contributed by atoms with Gasteiger partial charge < -0.3 is 5.32 Å². The molecule has 1 N–H and O–H groups in total. The van der Waals surface area contributed by atoms with Crippen LogP contribution in [0.5, 0.6) is 0 Å². The lowest BCUT2D eigenvalue weighted by atomic mass is 9.53. The predicted octanol–water partition coefficient (Wildman–Crippen LogP) is 5.32. The van der Waals surface area contributed by atoms with E-state index in [0.717, 1.165) is 29.2 Å². The van der Waals surface area contributed by atoms with Gasteiger partial charge in [-0.15, -0.1) is 0 Å². The van der Waals surface area contributed by atoms with Crippen molar-refractivity contribution in [1.82, 2.24) is 15.3 Å². The van der Waals surface area contributed by atoms with E-state index in [1.807, 2.05) is 24.5 Å². The van der Waals surface area contributed by atoms with Gasteiger partial charge in [0.1, 0.15) is 5.82 Å². The highest BCUT2D eigenvalue weighted by Gasteiger charge is 2.50. The third-order valence-electron chi connectivity index (χ3n) is 6.22. The van der Waals surface area contributed by atoms with Crippen LogP contribution >= 0.6 is 11.6 Å². The molecule has 3 nitrogen and oxygen atoms in total. The molecule has 0 saturated heterocycles. The van der Waals surface area contributed by atoms with Gasteiger partial charge in [0.05, 0.1) is 0 Å². The average Bonchev–Trinajstić information content (AvgIpc) is 2.65. The van der Waals surface area contributed by atoms with E-state index in [-0.39, 0.29) is 0 Å². The first-order valence-corrected chi connectivity index (χ1v) is 10.3. The van der Waals surface area contributed by atoms with E-state index in [1.165, 1.54) is 36.8 Å². The summed E-state index contributed by atoms with van der Waals surface area (Å²) in [6.45, 7) is 5.10. The van der Waals surface area contributed by atoms with Crippen molar-refractivity contribution in [3.63, 3.8) is 0 Å². The summed E-state index contributed by atoms with van der Waals surface area (Å²) in [5.41, 5.74) is 2.60. The molecule has 0 aliphatic heterocycles. The van der Waals surface area contributed by atoms with Gasteiger partial charge in [0.15, 0.2) is 0 Å². The Morgan fingerprint density at radius 1 is 1.04 bits per heavy atom. The molecule has 2 aliphatic carbocycles. The lowest BCUT2D eigenvalue weighted by molar-refractivity contribution is 0.0254. The van der Waals surface area contributed by atoms with Crippen LogP contribution in [0.15, 0.2) is 36.7 Å². The van der Waals surface area contributed by atoms with Crippen molar-refractivity contribution in [2.45, 2.75) is 64.0 Å². The van der Waals surface area contributed by atoms with E-state index in [9.17, 15) is 0 Å². The minimum atomic E-state index is 0.376. The first-order chi connectivity index (χ1) is 12.6. The van der Waals surface area contributed by atoms with Gasteiger partial charge in [0.2, 0.25) is 0 Å². The minimum absolute atomic E-state index is 0.376. The van der Waals surface area contributed by atoms with Crippen LogP contribution in [0.2, 0.25) is 5.02 Å². The second-order valence-corrected chi connectivity index (χ2v) is 8.64. The summed E-state index contributed by atoms with van der Waals surface area (Å²) in [6, 6.07) is 9.04. The van der Waals surface area contributed by atoms with E-state index in [4.69, 9.17) is 11.6 Å². The van der Waals surface area contributed by atoms with Crippen LogP contribution in [0.25, 0.3) is 0 Å². The third-order valence-corrected chi connectivity index (χ3v) is 6.47. The minimum Gasteiger partial charge on any atom is -0.309 e. The van der Waals surface area contributed by atoms with Gasteiger partial charge in [-0.1, -0.05) is 50.4 Å². The quantitative estimate of drug-likeness (QED) is 0.775. The molecule has 4 rings (SSSR count). The summed E-state index contributed by atoms with van der Waals surface area (Å²) in [4.78, 5) is 9.01. The largest absolute Gasteiger partial charge is 0.309 e. The molecule has 138 valence electrons. The van der Waals surface area contributed by atoms with Crippen LogP contribution in [-0.2, 0) is 6.54 Å². The Bertz CT molecular complexity index is 726. The molecule has 2 fully saturated rings. The number of halogens is 1. The fourth-order valence-corrected chi connectivity index (χ4v) is 5.00. The molecule has 0 radical (unpaired) electrons. The first-order valence-electron chi connectivity index (χ1n) is 9.93. The highest BCUT2D eigenvalue weighted by atomic mass is 35.5. The molecule has 0 spiro atoms. The zero-order valence-electron chi connectivity index (χ0n) is 15.7. The summed E-state index contributed by atoms with van der Waals surface area (Å²) in [5, 5.41) is 4.65. The summed E-state index contributed by atoms with van der Waals surface area (Å²) < 4.78 is 0. The van der Waals surface area contributed by atoms with Crippen molar-refractivity contribution >= 4 is 11.6 Å². The SMILES string of the molecule is CC(C)c1ncc(CN[C@@H]2[C@@H]3CCCC[C@H]3[C@H]2c2ccc(Cl)cc2)cn1. The molecule has 0 bridgehead atoms. The highest BCUT2D eigenvalue weighted by molar-refractivity contribution is 6.30. The van der Waals surface area contributed by atoms with Crippen LogP contribution < -0.4 is 5.32 Å². The Labute approximate surface area is 161 Å². The zero-order chi connectivity index (χ0) is 18.1. The molecule has 2 aromatic rings. The fraction of sp³-hybridized carbons (Fsp3) is 0.545. The summed E-state index contributed by atoms with van der Waals surface area (Å²) in [5.74, 6) is 3.53. The van der Waals surface area contributed by atoms with E-state index >= 15 is 0 Å². The van der Waals surface area contributed by atoms with Crippen molar-refractivity contribution in [3.8, 4) is 0 Å². The standard InChI is InChI=1S/C22H28ClN3/c1-14(2)22-25-12-15(13-26-22)11-24-21-19-6-4-3-5-18(19)20(21)16-7-9-17(23)10-8-16/h7-10,12-14,18-21,24H,3-6,11H2,1-2H3/t18-,19-,20-,21-/m1/s1. The van der Waals surface area contributed by atoms with Crippen molar-refractivity contribution in [1.29, 1.82) is 0 Å². The third kappa shape index (κ3) is 3.52. The van der Waals surface area contributed by atoms with Gasteiger partial charge in [-0.3, -0.25) is 0 Å². The Kier molecular flexibility index (Phi) is 5.28. The number of benzene rings is 1. The number of nitrogens with one attached hydrogen (secondary N) is 1. The fourth-order valence-electron chi connectivity index (χ4n) is 4.87. The van der Waals surface area contributed by atoms with Gasteiger partial charge >= 0.3 is 0 Å². The maximum atomic E-state index is 6.10. The maximum absolute atomic E-state index is 6.10. The predicted molar refractivity (Wildman–Crippen MR) is 106 cm³/mol. The van der Waals surface area contributed by atoms with Crippen LogP contribution in [0.1, 0.15) is 68.3 Å². The number of nitrogens with zero attached hydrogens (tertiary/aromatic N) is 2. The molecular weight excluding hydrogens is 342 g/mol. The highest BCUT2D eigenvalue weighted by Crippen LogP contribution is 2.54. The molecule has 0 unspecified atom stereocenters. The number of rotatable bonds is 5. The maximum Gasteiger partial charge on any atom is 0.130 e. The van der Waals surface area contributed by atoms with E-state index in [1.54, 1.807) is 0 Å². The van der Waals surface area contributed by atoms with Crippen molar-refractivity contribution in [2.24, 2.45) is 11.8 Å². The van der Waals surface area contributed by atoms with Crippen molar-refractivity contribution in [2.75, 3.05) is 0 Å². The Morgan fingerprint density at radius 2 is 1.69 bits per heavy atom. The molecule has 4 heteroatoms. The molecule has 1 aromatic carbocycles. The van der Waals surface area contributed by atoms with Crippen molar-refractivity contribution in [3.05, 3.63) is 58.6 Å². The van der Waals surface area contributed by atoms with Gasteiger partial charge in [0.25, 0.3) is 0 Å². The van der Waals surface area contributed by atoms with Gasteiger partial charge in [-0.25, -0.2) is 9.97 Å².